The number of hydrogen-bond donors (Lipinski definition) is 0. The van der Waals surface area contributed by atoms with Crippen LogP contribution < -0.4 is 0 Å². The van der Waals surface area contributed by atoms with Crippen LogP contribution in [0.5, 0.6) is 0 Å². The van der Waals surface area contributed by atoms with Crippen molar-refractivity contribution in [3.8, 4) is 0 Å². The van der Waals surface area contributed by atoms with Gasteiger partial charge in [0.05, 0.1) is 0 Å². The summed E-state index contributed by atoms with van der Waals surface area (Å²) in [5.41, 5.74) is 1.45. The van der Waals surface area contributed by atoms with Crippen LogP contribution in [0.3, 0.4) is 0 Å². The van der Waals surface area contributed by atoms with Crippen molar-refractivity contribution in [1.82, 2.24) is 0 Å². The molecule has 2 rings (SSSR count). The molecule has 0 amide bonds. The van der Waals surface area contributed by atoms with Gasteiger partial charge in [-0.05, 0) is 39.1 Å². The van der Waals surface area contributed by atoms with E-state index in [-0.39, 0.29) is 0 Å². The van der Waals surface area contributed by atoms with E-state index in [1.54, 1.807) is 22.7 Å². The Hall–Kier alpha value is -0.600. The van der Waals surface area contributed by atoms with Crippen LogP contribution in [0.15, 0.2) is 39.7 Å². The van der Waals surface area contributed by atoms with Gasteiger partial charge in [0.1, 0.15) is 0 Å². The van der Waals surface area contributed by atoms with Gasteiger partial charge in [0.25, 0.3) is 0 Å². The Labute approximate surface area is 87.9 Å². The van der Waals surface area contributed by atoms with Gasteiger partial charge in [-0.1, -0.05) is 26.0 Å². The second-order valence-corrected chi connectivity index (χ2v) is 4.60. The van der Waals surface area contributed by atoms with Gasteiger partial charge in [-0.15, -0.1) is 0 Å². The fourth-order valence-electron chi connectivity index (χ4n) is 0.830. The van der Waals surface area contributed by atoms with Gasteiger partial charge < -0.3 is 0 Å². The molecular weight excluding hydrogens is 196 g/mol. The van der Waals surface area contributed by atoms with Gasteiger partial charge in [0, 0.05) is 0 Å². The predicted molar refractivity (Wildman–Crippen MR) is 62.7 cm³/mol. The molecule has 2 heterocycles. The van der Waals surface area contributed by atoms with Gasteiger partial charge >= 0.3 is 0 Å². The fourth-order valence-corrected chi connectivity index (χ4v) is 2.11. The second-order valence-electron chi connectivity index (χ2n) is 3.00. The Bertz CT molecular complexity index is 263. The quantitative estimate of drug-likeness (QED) is 0.644. The molecule has 13 heavy (non-hydrogen) atoms. The van der Waals surface area contributed by atoms with E-state index < -0.39 is 0 Å². The third-order valence-electron chi connectivity index (χ3n) is 1.64. The van der Waals surface area contributed by atoms with Crippen LogP contribution in [0, 0.1) is 0 Å². The zero-order valence-electron chi connectivity index (χ0n) is 7.94. The monoisotopic (exact) mass is 210 g/mol. The van der Waals surface area contributed by atoms with Crippen LogP contribution in [0.1, 0.15) is 25.3 Å². The number of thiophene rings is 2. The average Bonchev–Trinajstić information content (AvgIpc) is 2.82. The van der Waals surface area contributed by atoms with Gasteiger partial charge in [-0.3, -0.25) is 0 Å². The van der Waals surface area contributed by atoms with Crippen molar-refractivity contribution < 1.29 is 0 Å². The molecule has 2 aromatic heterocycles. The van der Waals surface area contributed by atoms with E-state index in [9.17, 15) is 0 Å². The molecule has 0 saturated carbocycles. The predicted octanol–water partition coefficient (Wildman–Crippen LogP) is 4.62. The van der Waals surface area contributed by atoms with E-state index in [2.05, 4.69) is 30.7 Å². The summed E-state index contributed by atoms with van der Waals surface area (Å²) in [6.07, 6.45) is 0. The smallest absolute Gasteiger partial charge is 0.00586 e. The highest BCUT2D eigenvalue weighted by atomic mass is 32.1. The highest BCUT2D eigenvalue weighted by molar-refractivity contribution is 7.08. The number of hydrogen-bond acceptors (Lipinski definition) is 2. The molecule has 0 nitrogen and oxygen atoms in total. The topological polar surface area (TPSA) is 0 Å². The van der Waals surface area contributed by atoms with E-state index in [0.717, 1.165) is 0 Å². The van der Waals surface area contributed by atoms with Gasteiger partial charge in [-0.2, -0.15) is 22.7 Å². The summed E-state index contributed by atoms with van der Waals surface area (Å²) in [6.45, 7) is 4.42. The maximum absolute atomic E-state index is 2.21. The highest BCUT2D eigenvalue weighted by Gasteiger charge is 1.95. The molecule has 0 bridgehead atoms. The summed E-state index contributed by atoms with van der Waals surface area (Å²) in [5.74, 6) is 0.696. The minimum atomic E-state index is 0.696. The molecule has 2 aromatic rings. The Kier molecular flexibility index (Phi) is 4.79. The SMILES string of the molecule is CC(C)c1ccsc1.c1ccsc1. The first-order valence-electron chi connectivity index (χ1n) is 4.30. The van der Waals surface area contributed by atoms with Gasteiger partial charge in [-0.25, -0.2) is 0 Å². The van der Waals surface area contributed by atoms with Crippen molar-refractivity contribution in [1.29, 1.82) is 0 Å². The van der Waals surface area contributed by atoms with Crippen molar-refractivity contribution in [2.24, 2.45) is 0 Å². The maximum Gasteiger partial charge on any atom is -0.00586 e. The molecule has 0 unspecified atom stereocenters. The van der Waals surface area contributed by atoms with E-state index in [1.165, 1.54) is 5.56 Å². The lowest BCUT2D eigenvalue weighted by Gasteiger charge is -1.96. The minimum Gasteiger partial charge on any atom is -0.152 e. The molecule has 0 aliphatic carbocycles. The first-order chi connectivity index (χ1) is 6.30. The Morgan fingerprint density at radius 3 is 1.92 bits per heavy atom. The third-order valence-corrected chi connectivity index (χ3v) is 2.97. The summed E-state index contributed by atoms with van der Waals surface area (Å²) in [5, 5.41) is 8.40. The van der Waals surface area contributed by atoms with Crippen LogP contribution in [-0.4, -0.2) is 0 Å². The molecular formula is C11H14S2. The molecule has 0 radical (unpaired) electrons. The van der Waals surface area contributed by atoms with Crippen molar-refractivity contribution in [2.45, 2.75) is 19.8 Å². The van der Waals surface area contributed by atoms with Crippen LogP contribution in [0.2, 0.25) is 0 Å². The summed E-state index contributed by atoms with van der Waals surface area (Å²) in [6, 6.07) is 6.21. The van der Waals surface area contributed by atoms with E-state index >= 15 is 0 Å². The van der Waals surface area contributed by atoms with Gasteiger partial charge in [0.2, 0.25) is 0 Å². The number of rotatable bonds is 1. The molecule has 0 aliphatic rings. The van der Waals surface area contributed by atoms with Crippen LogP contribution in [0.25, 0.3) is 0 Å². The van der Waals surface area contributed by atoms with Crippen molar-refractivity contribution in [3.63, 3.8) is 0 Å². The Balaban J connectivity index is 0.000000145. The average molecular weight is 210 g/mol. The molecule has 0 saturated heterocycles. The molecule has 0 aromatic carbocycles. The van der Waals surface area contributed by atoms with Crippen molar-refractivity contribution >= 4 is 22.7 Å². The fraction of sp³-hybridized carbons (Fsp3) is 0.273. The second kappa shape index (κ2) is 5.95. The van der Waals surface area contributed by atoms with Crippen LogP contribution >= 0.6 is 22.7 Å². The zero-order valence-corrected chi connectivity index (χ0v) is 9.57. The summed E-state index contributed by atoms with van der Waals surface area (Å²) < 4.78 is 0. The maximum atomic E-state index is 2.21. The molecule has 0 atom stereocenters. The summed E-state index contributed by atoms with van der Waals surface area (Å²) in [7, 11) is 0. The largest absolute Gasteiger partial charge is 0.152 e. The molecule has 0 aliphatic heterocycles. The van der Waals surface area contributed by atoms with Crippen LogP contribution in [-0.2, 0) is 0 Å². The first-order valence-corrected chi connectivity index (χ1v) is 6.18. The molecule has 0 spiro atoms. The lowest BCUT2D eigenvalue weighted by molar-refractivity contribution is 0.872. The normalized spacial score (nSPS) is 9.46. The van der Waals surface area contributed by atoms with Crippen LogP contribution in [0.4, 0.5) is 0 Å². The molecule has 0 N–H and O–H groups in total. The van der Waals surface area contributed by atoms with Crippen molar-refractivity contribution in [2.75, 3.05) is 0 Å². The summed E-state index contributed by atoms with van der Waals surface area (Å²) >= 11 is 3.48. The zero-order chi connectivity index (χ0) is 9.52. The highest BCUT2D eigenvalue weighted by Crippen LogP contribution is 2.16. The summed E-state index contributed by atoms with van der Waals surface area (Å²) in [4.78, 5) is 0. The van der Waals surface area contributed by atoms with E-state index in [0.29, 0.717) is 5.92 Å². The first kappa shape index (κ1) is 10.5. The molecule has 2 heteroatoms. The molecule has 0 fully saturated rings. The third kappa shape index (κ3) is 4.25. The van der Waals surface area contributed by atoms with E-state index in [1.807, 2.05) is 22.9 Å². The van der Waals surface area contributed by atoms with Crippen molar-refractivity contribution in [3.05, 3.63) is 45.3 Å². The molecule has 70 valence electrons. The standard InChI is InChI=1S/C7H10S.C4H4S/c1-6(2)7-3-4-8-5-7;1-2-4-5-3-1/h3-6H,1-2H3;1-4H. The Morgan fingerprint density at radius 2 is 1.69 bits per heavy atom. The van der Waals surface area contributed by atoms with E-state index in [4.69, 9.17) is 0 Å². The lowest BCUT2D eigenvalue weighted by atomic mass is 10.1. The van der Waals surface area contributed by atoms with Gasteiger partial charge in [0.15, 0.2) is 0 Å². The lowest BCUT2D eigenvalue weighted by Crippen LogP contribution is -1.79. The Morgan fingerprint density at radius 1 is 1.00 bits per heavy atom. The minimum absolute atomic E-state index is 0.696.